The van der Waals surface area contributed by atoms with Crippen molar-refractivity contribution in [3.63, 3.8) is 0 Å². The van der Waals surface area contributed by atoms with Crippen LogP contribution >= 0.6 is 11.3 Å². The summed E-state index contributed by atoms with van der Waals surface area (Å²) < 4.78 is 0. The number of rotatable bonds is 6. The highest BCUT2D eigenvalue weighted by molar-refractivity contribution is 7.17. The summed E-state index contributed by atoms with van der Waals surface area (Å²) >= 11 is 1.33. The lowest BCUT2D eigenvalue weighted by Crippen LogP contribution is -2.22. The molecule has 9 heteroatoms. The molecule has 8 nitrogen and oxygen atoms in total. The molecule has 3 rings (SSSR count). The molecule has 2 heterocycles. The number of carbonyl (C=O) groups is 2. The molecule has 0 saturated carbocycles. The van der Waals surface area contributed by atoms with Crippen molar-refractivity contribution in [2.24, 2.45) is 0 Å². The molecule has 0 aliphatic carbocycles. The molecule has 0 radical (unpaired) electrons. The average molecular weight is 383 g/mol. The number of thiophene rings is 1. The maximum atomic E-state index is 12.3. The van der Waals surface area contributed by atoms with Gasteiger partial charge in [0.05, 0.1) is 15.4 Å². The molecule has 0 aliphatic rings. The molecule has 5 N–H and O–H groups in total. The van der Waals surface area contributed by atoms with Crippen LogP contribution in [0.4, 0.5) is 10.7 Å². The number of hydrogen-bond acceptors (Lipinski definition) is 6. The molecular formula is C18H17N5O3S. The van der Waals surface area contributed by atoms with E-state index < -0.39 is 6.09 Å². The van der Waals surface area contributed by atoms with Crippen molar-refractivity contribution in [1.82, 2.24) is 20.6 Å². The van der Waals surface area contributed by atoms with Gasteiger partial charge < -0.3 is 21.5 Å². The third-order valence-corrected chi connectivity index (χ3v) is 4.78. The molecule has 0 saturated heterocycles. The summed E-state index contributed by atoms with van der Waals surface area (Å²) in [6.07, 6.45) is 0.513. The van der Waals surface area contributed by atoms with E-state index in [9.17, 15) is 9.59 Å². The van der Waals surface area contributed by atoms with Gasteiger partial charge in [0.1, 0.15) is 0 Å². The highest BCUT2D eigenvalue weighted by Crippen LogP contribution is 2.26. The van der Waals surface area contributed by atoms with E-state index in [0.717, 1.165) is 16.0 Å². The predicted molar refractivity (Wildman–Crippen MR) is 102 cm³/mol. The van der Waals surface area contributed by atoms with Crippen molar-refractivity contribution >= 4 is 29.3 Å². The lowest BCUT2D eigenvalue weighted by Gasteiger charge is -2.06. The summed E-state index contributed by atoms with van der Waals surface area (Å²) in [4.78, 5) is 32.2. The quantitative estimate of drug-likeness (QED) is 0.517. The van der Waals surface area contributed by atoms with Gasteiger partial charge in [-0.2, -0.15) is 0 Å². The number of nitrogen functional groups attached to an aromatic ring is 1. The smallest absolute Gasteiger partial charge is 0.404 e. The maximum Gasteiger partial charge on any atom is 0.404 e. The lowest BCUT2D eigenvalue weighted by atomic mass is 10.1. The zero-order chi connectivity index (χ0) is 19.2. The Morgan fingerprint density at radius 3 is 2.30 bits per heavy atom. The van der Waals surface area contributed by atoms with Crippen LogP contribution in [0.25, 0.3) is 10.6 Å². The van der Waals surface area contributed by atoms with Gasteiger partial charge in [-0.3, -0.25) is 4.79 Å². The molecule has 27 heavy (non-hydrogen) atoms. The zero-order valence-corrected chi connectivity index (χ0v) is 15.0. The van der Waals surface area contributed by atoms with E-state index in [0.29, 0.717) is 17.1 Å². The fourth-order valence-electron chi connectivity index (χ4n) is 2.33. The standard InChI is InChI=1S/C18H17N5O3S/c19-17-20-8-7-13(23-17)14-5-6-15(27-14)16(24)21-9-11-1-3-12(4-2-11)10-22-18(25)26/h1-8,22H,9-10H2,(H,21,24)(H,25,26)(H2,19,20,23). The van der Waals surface area contributed by atoms with Crippen LogP contribution in [0.1, 0.15) is 20.8 Å². The molecule has 2 aromatic heterocycles. The Bertz CT molecular complexity index is 956. The van der Waals surface area contributed by atoms with Crippen molar-refractivity contribution in [2.45, 2.75) is 13.1 Å². The van der Waals surface area contributed by atoms with Gasteiger partial charge in [-0.05, 0) is 29.3 Å². The number of anilines is 1. The summed E-state index contributed by atoms with van der Waals surface area (Å²) in [5.41, 5.74) is 8.03. The van der Waals surface area contributed by atoms with Crippen LogP contribution in [0.15, 0.2) is 48.7 Å². The second-order valence-corrected chi connectivity index (χ2v) is 6.71. The van der Waals surface area contributed by atoms with Crippen molar-refractivity contribution in [3.8, 4) is 10.6 Å². The Morgan fingerprint density at radius 2 is 1.67 bits per heavy atom. The molecule has 0 spiro atoms. The van der Waals surface area contributed by atoms with Gasteiger partial charge in [0.2, 0.25) is 5.95 Å². The maximum absolute atomic E-state index is 12.3. The van der Waals surface area contributed by atoms with Gasteiger partial charge in [-0.1, -0.05) is 24.3 Å². The summed E-state index contributed by atoms with van der Waals surface area (Å²) in [5.74, 6) is 0.0128. The molecule has 3 aromatic rings. The summed E-state index contributed by atoms with van der Waals surface area (Å²) in [7, 11) is 0. The molecular weight excluding hydrogens is 366 g/mol. The number of nitrogens with one attached hydrogen (secondary N) is 2. The summed E-state index contributed by atoms with van der Waals surface area (Å²) in [6.45, 7) is 0.618. The lowest BCUT2D eigenvalue weighted by molar-refractivity contribution is 0.0955. The molecule has 2 amide bonds. The van der Waals surface area contributed by atoms with Crippen molar-refractivity contribution in [2.75, 3.05) is 5.73 Å². The number of amides is 2. The van der Waals surface area contributed by atoms with Crippen molar-refractivity contribution in [3.05, 3.63) is 64.7 Å². The Hall–Kier alpha value is -3.46. The van der Waals surface area contributed by atoms with E-state index in [1.807, 2.05) is 30.3 Å². The molecule has 0 aliphatic heterocycles. The number of carboxylic acid groups (broad SMARTS) is 1. The fourth-order valence-corrected chi connectivity index (χ4v) is 3.22. The Labute approximate surface area is 159 Å². The van der Waals surface area contributed by atoms with Gasteiger partial charge in [-0.15, -0.1) is 11.3 Å². The van der Waals surface area contributed by atoms with Gasteiger partial charge in [0, 0.05) is 19.3 Å². The van der Waals surface area contributed by atoms with Gasteiger partial charge in [0.15, 0.2) is 0 Å². The molecule has 0 fully saturated rings. The van der Waals surface area contributed by atoms with E-state index in [1.54, 1.807) is 18.3 Å². The third-order valence-electron chi connectivity index (χ3n) is 3.68. The molecule has 1 aromatic carbocycles. The van der Waals surface area contributed by atoms with Crippen LogP contribution in [-0.4, -0.2) is 27.1 Å². The molecule has 0 bridgehead atoms. The van der Waals surface area contributed by atoms with E-state index in [1.165, 1.54) is 11.3 Å². The first-order valence-electron chi connectivity index (χ1n) is 8.03. The Balaban J connectivity index is 1.57. The minimum Gasteiger partial charge on any atom is -0.465 e. The minimum absolute atomic E-state index is 0.176. The average Bonchev–Trinajstić information content (AvgIpc) is 3.15. The van der Waals surface area contributed by atoms with Gasteiger partial charge in [0.25, 0.3) is 5.91 Å². The van der Waals surface area contributed by atoms with Gasteiger partial charge >= 0.3 is 6.09 Å². The Morgan fingerprint density at radius 1 is 1.00 bits per heavy atom. The molecule has 0 unspecified atom stereocenters. The topological polar surface area (TPSA) is 130 Å². The van der Waals surface area contributed by atoms with E-state index >= 15 is 0 Å². The number of nitrogens with two attached hydrogens (primary N) is 1. The van der Waals surface area contributed by atoms with Crippen molar-refractivity contribution < 1.29 is 14.7 Å². The Kier molecular flexibility index (Phi) is 5.62. The fraction of sp³-hybridized carbons (Fsp3) is 0.111. The van der Waals surface area contributed by atoms with Gasteiger partial charge in [-0.25, -0.2) is 14.8 Å². The first kappa shape index (κ1) is 18.3. The number of carbonyl (C=O) groups excluding carboxylic acids is 1. The molecule has 0 atom stereocenters. The number of nitrogens with zero attached hydrogens (tertiary/aromatic N) is 2. The predicted octanol–water partition coefficient (Wildman–Crippen LogP) is 2.48. The van der Waals surface area contributed by atoms with Crippen LogP contribution in [0, 0.1) is 0 Å². The highest BCUT2D eigenvalue weighted by Gasteiger charge is 2.11. The number of hydrogen-bond donors (Lipinski definition) is 4. The monoisotopic (exact) mass is 383 g/mol. The third kappa shape index (κ3) is 5.02. The van der Waals surface area contributed by atoms with Crippen molar-refractivity contribution in [1.29, 1.82) is 0 Å². The first-order valence-corrected chi connectivity index (χ1v) is 8.84. The highest BCUT2D eigenvalue weighted by atomic mass is 32.1. The first-order chi connectivity index (χ1) is 13.0. The normalized spacial score (nSPS) is 10.4. The largest absolute Gasteiger partial charge is 0.465 e. The van der Waals surface area contributed by atoms with Crippen LogP contribution in [0.5, 0.6) is 0 Å². The zero-order valence-electron chi connectivity index (χ0n) is 14.2. The number of benzene rings is 1. The summed E-state index contributed by atoms with van der Waals surface area (Å²) in [5, 5.41) is 13.8. The van der Waals surface area contributed by atoms with Crippen LogP contribution in [0.2, 0.25) is 0 Å². The SMILES string of the molecule is Nc1nccc(-c2ccc(C(=O)NCc3ccc(CNC(=O)O)cc3)s2)n1. The summed E-state index contributed by atoms with van der Waals surface area (Å²) in [6, 6.07) is 12.6. The van der Waals surface area contributed by atoms with Crippen LogP contribution < -0.4 is 16.4 Å². The van der Waals surface area contributed by atoms with Crippen LogP contribution in [0.3, 0.4) is 0 Å². The number of aromatic nitrogens is 2. The van der Waals surface area contributed by atoms with E-state index in [4.69, 9.17) is 10.8 Å². The second-order valence-electron chi connectivity index (χ2n) is 5.62. The van der Waals surface area contributed by atoms with Crippen LogP contribution in [-0.2, 0) is 13.1 Å². The second kappa shape index (κ2) is 8.28. The van der Waals surface area contributed by atoms with E-state index in [-0.39, 0.29) is 18.4 Å². The molecule has 138 valence electrons. The van der Waals surface area contributed by atoms with E-state index in [2.05, 4.69) is 20.6 Å². The minimum atomic E-state index is -1.06.